The van der Waals surface area contributed by atoms with Crippen LogP contribution in [-0.2, 0) is 9.59 Å². The number of piperazine rings is 1. The van der Waals surface area contributed by atoms with Gasteiger partial charge in [-0.3, -0.25) is 14.5 Å². The third kappa shape index (κ3) is 4.69. The summed E-state index contributed by atoms with van der Waals surface area (Å²) in [4.78, 5) is 37.3. The summed E-state index contributed by atoms with van der Waals surface area (Å²) in [5, 5.41) is 14.1. The van der Waals surface area contributed by atoms with E-state index in [0.717, 1.165) is 0 Å². The number of nitrogens with zero attached hydrogens (tertiary/aromatic N) is 2. The Morgan fingerprint density at radius 1 is 1.15 bits per heavy atom. The largest absolute Gasteiger partial charge is 0.480 e. The van der Waals surface area contributed by atoms with Crippen LogP contribution in [0.4, 0.5) is 4.79 Å². The molecule has 8 heteroatoms. The van der Waals surface area contributed by atoms with E-state index in [0.29, 0.717) is 32.7 Å². The van der Waals surface area contributed by atoms with E-state index in [4.69, 9.17) is 5.11 Å². The molecule has 0 bridgehead atoms. The van der Waals surface area contributed by atoms with Gasteiger partial charge in [0.05, 0.1) is 6.54 Å². The van der Waals surface area contributed by atoms with E-state index in [1.54, 1.807) is 11.8 Å². The van der Waals surface area contributed by atoms with Gasteiger partial charge in [0.2, 0.25) is 5.91 Å². The molecular weight excluding hydrogens is 264 g/mol. The summed E-state index contributed by atoms with van der Waals surface area (Å²) < 4.78 is 0. The molecule has 1 rings (SSSR count). The third-order valence-corrected chi connectivity index (χ3v) is 3.28. The zero-order valence-corrected chi connectivity index (χ0v) is 11.9. The molecule has 0 radical (unpaired) electrons. The van der Waals surface area contributed by atoms with Crippen LogP contribution in [0.5, 0.6) is 0 Å². The van der Waals surface area contributed by atoms with E-state index >= 15 is 0 Å². The van der Waals surface area contributed by atoms with E-state index in [1.165, 1.54) is 0 Å². The molecule has 1 aliphatic rings. The molecule has 3 amide bonds. The molecule has 1 fully saturated rings. The molecular formula is C12H22N4O4. The van der Waals surface area contributed by atoms with Gasteiger partial charge in [-0.05, 0) is 13.8 Å². The average molecular weight is 286 g/mol. The molecule has 114 valence electrons. The summed E-state index contributed by atoms with van der Waals surface area (Å²) in [6.45, 7) is 5.87. The molecule has 20 heavy (non-hydrogen) atoms. The number of carbonyl (C=O) groups is 3. The summed E-state index contributed by atoms with van der Waals surface area (Å²) >= 11 is 0. The lowest BCUT2D eigenvalue weighted by molar-refractivity contribution is -0.143. The summed E-state index contributed by atoms with van der Waals surface area (Å²) in [6, 6.07) is -0.838. The zero-order chi connectivity index (χ0) is 15.1. The van der Waals surface area contributed by atoms with Crippen LogP contribution in [0.15, 0.2) is 0 Å². The molecule has 8 nitrogen and oxygen atoms in total. The van der Waals surface area contributed by atoms with Crippen molar-refractivity contribution in [3.8, 4) is 0 Å². The summed E-state index contributed by atoms with van der Waals surface area (Å²) in [6.07, 6.45) is 0. The maximum Gasteiger partial charge on any atom is 0.320 e. The number of nitrogens with one attached hydrogen (secondary N) is 2. The molecule has 0 spiro atoms. The molecule has 0 aromatic carbocycles. The number of carbonyl (C=O) groups excluding carboxylic acids is 2. The van der Waals surface area contributed by atoms with Crippen molar-refractivity contribution >= 4 is 17.9 Å². The summed E-state index contributed by atoms with van der Waals surface area (Å²) in [5.74, 6) is -1.09. The van der Waals surface area contributed by atoms with Gasteiger partial charge in [-0.25, -0.2) is 4.79 Å². The first-order chi connectivity index (χ1) is 9.45. The van der Waals surface area contributed by atoms with Crippen molar-refractivity contribution in [3.63, 3.8) is 0 Å². The SMILES string of the molecule is CCNC(=O)CNC(=O)N1CCN(C(C)C(=O)O)CC1. The number of amides is 3. The van der Waals surface area contributed by atoms with Crippen LogP contribution in [0.2, 0.25) is 0 Å². The van der Waals surface area contributed by atoms with Crippen molar-refractivity contribution in [2.24, 2.45) is 0 Å². The fourth-order valence-electron chi connectivity index (χ4n) is 2.00. The maximum absolute atomic E-state index is 11.8. The van der Waals surface area contributed by atoms with E-state index in [1.807, 2.05) is 11.8 Å². The number of carboxylic acids is 1. The van der Waals surface area contributed by atoms with Gasteiger partial charge in [0.1, 0.15) is 6.04 Å². The average Bonchev–Trinajstić information content (AvgIpc) is 2.44. The predicted molar refractivity (Wildman–Crippen MR) is 72.3 cm³/mol. The molecule has 1 atom stereocenters. The van der Waals surface area contributed by atoms with Gasteiger partial charge in [0.15, 0.2) is 0 Å². The molecule has 1 saturated heterocycles. The Bertz CT molecular complexity index is 366. The lowest BCUT2D eigenvalue weighted by Gasteiger charge is -2.36. The van der Waals surface area contributed by atoms with E-state index in [-0.39, 0.29) is 18.5 Å². The second kappa shape index (κ2) is 7.68. The molecule has 1 aliphatic heterocycles. The Morgan fingerprint density at radius 3 is 2.25 bits per heavy atom. The first kappa shape index (κ1) is 16.2. The minimum absolute atomic E-state index is 0.0432. The highest BCUT2D eigenvalue weighted by Crippen LogP contribution is 2.06. The Labute approximate surface area is 118 Å². The third-order valence-electron chi connectivity index (χ3n) is 3.28. The fraction of sp³-hybridized carbons (Fsp3) is 0.750. The Kier molecular flexibility index (Phi) is 6.23. The van der Waals surface area contributed by atoms with Crippen molar-refractivity contribution in [3.05, 3.63) is 0 Å². The quantitative estimate of drug-likeness (QED) is 0.597. The van der Waals surface area contributed by atoms with E-state index < -0.39 is 12.0 Å². The number of rotatable bonds is 5. The molecule has 1 unspecified atom stereocenters. The molecule has 0 saturated carbocycles. The highest BCUT2D eigenvalue weighted by molar-refractivity contribution is 5.83. The van der Waals surface area contributed by atoms with Crippen LogP contribution < -0.4 is 10.6 Å². The Hall–Kier alpha value is -1.83. The number of aliphatic carboxylic acids is 1. The maximum atomic E-state index is 11.8. The van der Waals surface area contributed by atoms with Gasteiger partial charge in [-0.15, -0.1) is 0 Å². The zero-order valence-electron chi connectivity index (χ0n) is 11.9. The standard InChI is InChI=1S/C12H22N4O4/c1-3-13-10(17)8-14-12(20)16-6-4-15(5-7-16)9(2)11(18)19/h9H,3-8H2,1-2H3,(H,13,17)(H,14,20)(H,18,19). The van der Waals surface area contributed by atoms with Crippen molar-refractivity contribution in [1.82, 2.24) is 20.4 Å². The second-order valence-corrected chi connectivity index (χ2v) is 4.65. The number of hydrogen-bond acceptors (Lipinski definition) is 4. The molecule has 0 aliphatic carbocycles. The number of likely N-dealkylation sites (N-methyl/N-ethyl adjacent to an activating group) is 1. The molecule has 1 heterocycles. The van der Waals surface area contributed by atoms with Crippen LogP contribution in [0.25, 0.3) is 0 Å². The first-order valence-electron chi connectivity index (χ1n) is 6.72. The van der Waals surface area contributed by atoms with E-state index in [9.17, 15) is 14.4 Å². The van der Waals surface area contributed by atoms with Crippen LogP contribution in [0.3, 0.4) is 0 Å². The fourth-order valence-corrected chi connectivity index (χ4v) is 2.00. The van der Waals surface area contributed by atoms with Gasteiger partial charge >= 0.3 is 12.0 Å². The lowest BCUT2D eigenvalue weighted by Crippen LogP contribution is -2.55. The van der Waals surface area contributed by atoms with Gasteiger partial charge in [-0.1, -0.05) is 0 Å². The van der Waals surface area contributed by atoms with Gasteiger partial charge in [0.25, 0.3) is 0 Å². The predicted octanol–water partition coefficient (Wildman–Crippen LogP) is -1.08. The Balaban J connectivity index is 2.32. The van der Waals surface area contributed by atoms with Gasteiger partial charge < -0.3 is 20.6 Å². The summed E-state index contributed by atoms with van der Waals surface area (Å²) in [7, 11) is 0. The van der Waals surface area contributed by atoms with Gasteiger partial charge in [-0.2, -0.15) is 0 Å². The number of carboxylic acid groups (broad SMARTS) is 1. The number of hydrogen-bond donors (Lipinski definition) is 3. The highest BCUT2D eigenvalue weighted by atomic mass is 16.4. The minimum atomic E-state index is -0.862. The van der Waals surface area contributed by atoms with Crippen molar-refractivity contribution in [1.29, 1.82) is 0 Å². The van der Waals surface area contributed by atoms with Crippen molar-refractivity contribution in [2.45, 2.75) is 19.9 Å². The van der Waals surface area contributed by atoms with Crippen LogP contribution in [0, 0.1) is 0 Å². The number of urea groups is 1. The monoisotopic (exact) mass is 286 g/mol. The van der Waals surface area contributed by atoms with E-state index in [2.05, 4.69) is 10.6 Å². The van der Waals surface area contributed by atoms with Crippen LogP contribution >= 0.6 is 0 Å². The highest BCUT2D eigenvalue weighted by Gasteiger charge is 2.27. The molecule has 0 aromatic rings. The van der Waals surface area contributed by atoms with Crippen LogP contribution in [0.1, 0.15) is 13.8 Å². The summed E-state index contributed by atoms with van der Waals surface area (Å²) in [5.41, 5.74) is 0. The first-order valence-corrected chi connectivity index (χ1v) is 6.72. The topological polar surface area (TPSA) is 102 Å². The molecule has 3 N–H and O–H groups in total. The minimum Gasteiger partial charge on any atom is -0.480 e. The molecule has 0 aromatic heterocycles. The Morgan fingerprint density at radius 2 is 1.75 bits per heavy atom. The van der Waals surface area contributed by atoms with Crippen molar-refractivity contribution < 1.29 is 19.5 Å². The normalized spacial score (nSPS) is 17.4. The van der Waals surface area contributed by atoms with Crippen LogP contribution in [-0.4, -0.2) is 78.1 Å². The lowest BCUT2D eigenvalue weighted by atomic mass is 10.2. The second-order valence-electron chi connectivity index (χ2n) is 4.65. The van der Waals surface area contributed by atoms with Gasteiger partial charge in [0, 0.05) is 32.7 Å². The smallest absolute Gasteiger partial charge is 0.320 e. The van der Waals surface area contributed by atoms with Crippen molar-refractivity contribution in [2.75, 3.05) is 39.3 Å².